The summed E-state index contributed by atoms with van der Waals surface area (Å²) in [5, 5.41) is 2.92. The minimum absolute atomic E-state index is 0.126. The lowest BCUT2D eigenvalue weighted by Gasteiger charge is -2.33. The predicted octanol–water partition coefficient (Wildman–Crippen LogP) is 4.53. The van der Waals surface area contributed by atoms with Crippen molar-refractivity contribution in [2.75, 3.05) is 27.4 Å². The molecule has 0 saturated carbocycles. The van der Waals surface area contributed by atoms with Crippen molar-refractivity contribution in [3.05, 3.63) is 89.0 Å². The van der Waals surface area contributed by atoms with Crippen LogP contribution in [0.15, 0.2) is 66.7 Å². The van der Waals surface area contributed by atoms with E-state index in [2.05, 4.69) is 5.32 Å². The van der Waals surface area contributed by atoms with E-state index in [4.69, 9.17) is 0 Å². The first-order valence-electron chi connectivity index (χ1n) is 11.1. The van der Waals surface area contributed by atoms with E-state index in [-0.39, 0.29) is 30.0 Å². The average Bonchev–Trinajstić information content (AvgIpc) is 3.25. The van der Waals surface area contributed by atoms with E-state index >= 15 is 0 Å². The smallest absolute Gasteiger partial charge is 0.269 e. The van der Waals surface area contributed by atoms with E-state index in [1.165, 1.54) is 16.7 Å². The summed E-state index contributed by atoms with van der Waals surface area (Å²) < 4.78 is 0. The number of aryl methyl sites for hydroxylation is 3. The van der Waals surface area contributed by atoms with E-state index in [1.54, 1.807) is 4.90 Å². The molecule has 0 bridgehead atoms. The molecule has 3 amide bonds. The van der Waals surface area contributed by atoms with E-state index in [0.717, 1.165) is 22.3 Å². The van der Waals surface area contributed by atoms with Crippen LogP contribution in [0.1, 0.15) is 22.3 Å². The number of carbonyl (C=O) groups is 3. The average molecular weight is 472 g/mol. The Morgan fingerprint density at radius 2 is 1.62 bits per heavy atom. The Hall–Kier alpha value is -3.58. The number of nitrogens with zero attached hydrogens (tertiary/aromatic N) is 2. The molecule has 5 rings (SSSR count). The molecule has 34 heavy (non-hydrogen) atoms. The number of rotatable bonds is 4. The quantitative estimate of drug-likeness (QED) is 0.607. The molecular formula is C27H25N3O3S. The van der Waals surface area contributed by atoms with Gasteiger partial charge in [-0.05, 0) is 62.2 Å². The first-order valence-corrected chi connectivity index (χ1v) is 12.1. The van der Waals surface area contributed by atoms with Gasteiger partial charge in [0.25, 0.3) is 5.91 Å². The van der Waals surface area contributed by atoms with Crippen molar-refractivity contribution in [1.29, 1.82) is 0 Å². The molecule has 172 valence electrons. The number of hydrogen-bond acceptors (Lipinski definition) is 4. The molecule has 2 aliphatic rings. The van der Waals surface area contributed by atoms with Crippen molar-refractivity contribution in [3.63, 3.8) is 0 Å². The van der Waals surface area contributed by atoms with Crippen LogP contribution in [0.2, 0.25) is 0 Å². The fraction of sp³-hybridized carbons (Fsp3) is 0.222. The summed E-state index contributed by atoms with van der Waals surface area (Å²) in [5.41, 5.74) is 5.92. The SMILES string of the molecule is Cc1ccc(N2C(=O)CS[C@@]23C(=O)N(CC(=O)Nc2cc(C)cc(C)c2)c2ccccc23)cc1. The van der Waals surface area contributed by atoms with Gasteiger partial charge < -0.3 is 5.32 Å². The Morgan fingerprint density at radius 3 is 2.32 bits per heavy atom. The van der Waals surface area contributed by atoms with Gasteiger partial charge in [-0.2, -0.15) is 0 Å². The normalized spacial score (nSPS) is 19.1. The van der Waals surface area contributed by atoms with Crippen LogP contribution in [0.5, 0.6) is 0 Å². The number of carbonyl (C=O) groups excluding carboxylic acids is 3. The molecule has 0 unspecified atom stereocenters. The predicted molar refractivity (Wildman–Crippen MR) is 136 cm³/mol. The van der Waals surface area contributed by atoms with Gasteiger partial charge in [0.15, 0.2) is 0 Å². The minimum atomic E-state index is -1.22. The van der Waals surface area contributed by atoms with Crippen LogP contribution in [-0.4, -0.2) is 30.0 Å². The van der Waals surface area contributed by atoms with Crippen LogP contribution in [0, 0.1) is 20.8 Å². The van der Waals surface area contributed by atoms with Crippen molar-refractivity contribution in [1.82, 2.24) is 0 Å². The van der Waals surface area contributed by atoms with E-state index in [1.807, 2.05) is 87.5 Å². The maximum atomic E-state index is 14.0. The number of benzene rings is 3. The van der Waals surface area contributed by atoms with Crippen LogP contribution in [0.25, 0.3) is 0 Å². The highest BCUT2D eigenvalue weighted by Crippen LogP contribution is 2.55. The number of thioether (sulfide) groups is 1. The molecule has 1 fully saturated rings. The van der Waals surface area contributed by atoms with E-state index in [0.29, 0.717) is 17.1 Å². The van der Waals surface area contributed by atoms with Crippen LogP contribution < -0.4 is 15.1 Å². The topological polar surface area (TPSA) is 69.7 Å². The number of anilines is 3. The Kier molecular flexibility index (Phi) is 5.44. The molecule has 2 heterocycles. The van der Waals surface area contributed by atoms with Crippen molar-refractivity contribution < 1.29 is 14.4 Å². The summed E-state index contributed by atoms with van der Waals surface area (Å²) in [4.78, 5) is 42.0. The van der Waals surface area contributed by atoms with Crippen LogP contribution in [0.3, 0.4) is 0 Å². The summed E-state index contributed by atoms with van der Waals surface area (Å²) in [6.07, 6.45) is 0. The molecule has 1 atom stereocenters. The molecule has 1 spiro atoms. The molecule has 0 aliphatic carbocycles. The highest BCUT2D eigenvalue weighted by Gasteiger charge is 2.61. The zero-order chi connectivity index (χ0) is 24.0. The van der Waals surface area contributed by atoms with Gasteiger partial charge in [0.05, 0.1) is 11.4 Å². The fourth-order valence-corrected chi connectivity index (χ4v) is 6.16. The first-order chi connectivity index (χ1) is 16.3. The lowest BCUT2D eigenvalue weighted by Crippen LogP contribution is -2.50. The Morgan fingerprint density at radius 1 is 0.941 bits per heavy atom. The second-order valence-electron chi connectivity index (χ2n) is 8.83. The van der Waals surface area contributed by atoms with Gasteiger partial charge in [0, 0.05) is 16.9 Å². The number of nitrogens with one attached hydrogen (secondary N) is 1. The van der Waals surface area contributed by atoms with Gasteiger partial charge in [0.1, 0.15) is 6.54 Å². The highest BCUT2D eigenvalue weighted by atomic mass is 32.2. The van der Waals surface area contributed by atoms with E-state index in [9.17, 15) is 14.4 Å². The van der Waals surface area contributed by atoms with Gasteiger partial charge in [-0.25, -0.2) is 0 Å². The first kappa shape index (κ1) is 22.2. The second kappa shape index (κ2) is 8.33. The van der Waals surface area contributed by atoms with Crippen LogP contribution >= 0.6 is 11.8 Å². The summed E-state index contributed by atoms with van der Waals surface area (Å²) in [6, 6.07) is 20.9. The molecule has 0 radical (unpaired) electrons. The Labute approximate surface area is 202 Å². The maximum Gasteiger partial charge on any atom is 0.269 e. The van der Waals surface area contributed by atoms with Gasteiger partial charge in [-0.15, -0.1) is 11.8 Å². The number of fused-ring (bicyclic) bond motifs is 2. The van der Waals surface area contributed by atoms with Gasteiger partial charge in [-0.3, -0.25) is 24.2 Å². The zero-order valence-electron chi connectivity index (χ0n) is 19.3. The highest BCUT2D eigenvalue weighted by molar-refractivity contribution is 8.02. The molecule has 7 heteroatoms. The third kappa shape index (κ3) is 3.56. The Bertz CT molecular complexity index is 1300. The summed E-state index contributed by atoms with van der Waals surface area (Å²) >= 11 is 1.31. The molecule has 3 aromatic carbocycles. The lowest BCUT2D eigenvalue weighted by molar-refractivity contribution is -0.124. The standard InChI is InChI=1S/C27H25N3O3S/c1-17-8-10-21(11-9-17)30-25(32)16-34-27(30)22-6-4-5-7-23(22)29(26(27)33)15-24(31)28-20-13-18(2)12-19(3)14-20/h4-14H,15-16H2,1-3H3,(H,28,31)/t27-/m0/s1. The van der Waals surface area contributed by atoms with Crippen molar-refractivity contribution in [2.24, 2.45) is 0 Å². The van der Waals surface area contributed by atoms with E-state index < -0.39 is 4.87 Å². The second-order valence-corrected chi connectivity index (χ2v) is 10.00. The summed E-state index contributed by atoms with van der Waals surface area (Å²) in [6.45, 7) is 5.79. The molecule has 1 saturated heterocycles. The van der Waals surface area contributed by atoms with Crippen molar-refractivity contribution in [3.8, 4) is 0 Å². The Balaban J connectivity index is 1.50. The minimum Gasteiger partial charge on any atom is -0.325 e. The van der Waals surface area contributed by atoms with Gasteiger partial charge in [-0.1, -0.05) is 42.0 Å². The third-order valence-electron chi connectivity index (χ3n) is 6.16. The molecular weight excluding hydrogens is 446 g/mol. The number of para-hydroxylation sites is 1. The monoisotopic (exact) mass is 471 g/mol. The number of hydrogen-bond donors (Lipinski definition) is 1. The van der Waals surface area contributed by atoms with Crippen LogP contribution in [-0.2, 0) is 19.3 Å². The lowest BCUT2D eigenvalue weighted by atomic mass is 10.0. The molecule has 6 nitrogen and oxygen atoms in total. The zero-order valence-corrected chi connectivity index (χ0v) is 20.1. The fourth-order valence-electron chi connectivity index (χ4n) is 4.80. The van der Waals surface area contributed by atoms with Gasteiger partial charge >= 0.3 is 0 Å². The molecule has 2 aliphatic heterocycles. The molecule has 3 aromatic rings. The van der Waals surface area contributed by atoms with Gasteiger partial charge in [0.2, 0.25) is 16.7 Å². The summed E-state index contributed by atoms with van der Waals surface area (Å²) in [7, 11) is 0. The molecule has 1 N–H and O–H groups in total. The maximum absolute atomic E-state index is 14.0. The summed E-state index contributed by atoms with van der Waals surface area (Å²) in [5.74, 6) is -0.503. The third-order valence-corrected chi connectivity index (χ3v) is 7.55. The van der Waals surface area contributed by atoms with Crippen molar-refractivity contribution >= 4 is 46.5 Å². The number of amides is 3. The largest absolute Gasteiger partial charge is 0.325 e. The molecule has 0 aromatic heterocycles. The van der Waals surface area contributed by atoms with Crippen molar-refractivity contribution in [2.45, 2.75) is 25.6 Å². The van der Waals surface area contributed by atoms with Crippen LogP contribution in [0.4, 0.5) is 17.1 Å².